The zero-order valence-electron chi connectivity index (χ0n) is 81.6. The molecule has 5 fully saturated rings. The molecule has 1 saturated carbocycles. The van der Waals surface area contributed by atoms with Crippen molar-refractivity contribution in [3.05, 3.63) is 126 Å². The molecule has 1 aromatic carbocycles. The Kier molecular flexibility index (Phi) is 61.5. The number of likely N-dealkylation sites (N-methyl/N-ethyl adjacent to an activating group) is 1. The van der Waals surface area contributed by atoms with E-state index in [1.54, 1.807) is 0 Å². The first-order chi connectivity index (χ1) is 51.0. The highest BCUT2D eigenvalue weighted by atomic mass is 16.5. The lowest BCUT2D eigenvalue weighted by Gasteiger charge is -2.33. The number of benzene rings is 1. The van der Waals surface area contributed by atoms with Crippen LogP contribution in [0.4, 0.5) is 0 Å². The van der Waals surface area contributed by atoms with Gasteiger partial charge in [0.05, 0.1) is 6.10 Å². The van der Waals surface area contributed by atoms with Crippen LogP contribution in [0.3, 0.4) is 0 Å². The van der Waals surface area contributed by atoms with Crippen LogP contribution in [0.15, 0.2) is 104 Å². The van der Waals surface area contributed by atoms with E-state index in [9.17, 15) is 0 Å². The highest BCUT2D eigenvalue weighted by molar-refractivity contribution is 5.16. The molecule has 5 aliphatic rings. The SMILES string of the molecule is C.CC.CC.CC(C)(C)CC1CC1.CC(C)(C)CC1CCCO1.CC(C)(C)CCN1CCCC1.CC(C)(C)CCN1CCCCC1.CC(C)(C)Cc1ccccc1.CC(C)(C)Cc1ccccn1.CC(C)(C)Cc1cccnc1.CC(C)(C)Cc1ccncc1.CN(C)CCC(C)(C)C.CN1CCN(CCC(C)(C)C)CC1. The summed E-state index contributed by atoms with van der Waals surface area (Å²) in [6, 6.07) is 25.0. The van der Waals surface area contributed by atoms with Gasteiger partial charge in [-0.3, -0.25) is 15.0 Å². The van der Waals surface area contributed by atoms with Gasteiger partial charge in [-0.25, -0.2) is 0 Å². The van der Waals surface area contributed by atoms with Crippen LogP contribution < -0.4 is 0 Å². The monoisotopic (exact) mass is 1560 g/mol. The first kappa shape index (κ1) is 115. The number of hydrogen-bond donors (Lipinski definition) is 0. The zero-order chi connectivity index (χ0) is 85.8. The molecule has 7 heterocycles. The highest BCUT2D eigenvalue weighted by Gasteiger charge is 2.27. The number of rotatable bonds is 14. The van der Waals surface area contributed by atoms with E-state index >= 15 is 0 Å². The Bertz CT molecular complexity index is 2460. The van der Waals surface area contributed by atoms with E-state index in [0.717, 1.165) is 38.2 Å². The minimum absolute atomic E-state index is 0. The first-order valence-electron chi connectivity index (χ1n) is 44.9. The minimum atomic E-state index is 0. The second-order valence-corrected chi connectivity index (χ2v) is 44.7. The Balaban J connectivity index is -0.000000576. The predicted octanol–water partition coefficient (Wildman–Crippen LogP) is 28.5. The fraction of sp³-hybridized carbons (Fsp3) is 0.796. The third-order valence-electron chi connectivity index (χ3n) is 18.5. The molecule has 1 unspecified atom stereocenters. The minimum Gasteiger partial charge on any atom is -0.378 e. The molecule has 0 amide bonds. The molecule has 1 aliphatic carbocycles. The molecule has 3 aromatic heterocycles. The van der Waals surface area contributed by atoms with Crippen LogP contribution in [0.5, 0.6) is 0 Å². The summed E-state index contributed by atoms with van der Waals surface area (Å²) in [5, 5.41) is 0. The lowest BCUT2D eigenvalue weighted by atomic mass is 9.88. The van der Waals surface area contributed by atoms with Crippen LogP contribution in [0.2, 0.25) is 0 Å². The molecular weight excluding hydrogens is 1370 g/mol. The van der Waals surface area contributed by atoms with Crippen molar-refractivity contribution in [3.8, 4) is 0 Å². The average Bonchev–Trinajstić information content (AvgIpc) is 1.45. The molecule has 112 heavy (non-hydrogen) atoms. The van der Waals surface area contributed by atoms with Crippen molar-refractivity contribution < 1.29 is 4.74 Å². The maximum atomic E-state index is 5.53. The van der Waals surface area contributed by atoms with Crippen LogP contribution >= 0.6 is 0 Å². The fourth-order valence-corrected chi connectivity index (χ4v) is 12.5. The van der Waals surface area contributed by atoms with E-state index in [-0.39, 0.29) is 7.43 Å². The van der Waals surface area contributed by atoms with Gasteiger partial charge in [0.15, 0.2) is 0 Å². The van der Waals surface area contributed by atoms with Gasteiger partial charge in [0.25, 0.3) is 0 Å². The Labute approximate surface area is 703 Å². The Morgan fingerprint density at radius 1 is 0.357 bits per heavy atom. The maximum absolute atomic E-state index is 5.53. The van der Waals surface area contributed by atoms with Gasteiger partial charge in [0.1, 0.15) is 0 Å². The summed E-state index contributed by atoms with van der Waals surface area (Å²) in [4.78, 5) is 24.7. The van der Waals surface area contributed by atoms with Crippen molar-refractivity contribution in [2.75, 3.05) is 106 Å². The number of aromatic nitrogens is 3. The van der Waals surface area contributed by atoms with Crippen LogP contribution in [0.25, 0.3) is 0 Å². The molecule has 0 N–H and O–H groups in total. The molecule has 0 bridgehead atoms. The largest absolute Gasteiger partial charge is 0.378 e. The zero-order valence-corrected chi connectivity index (χ0v) is 81.6. The van der Waals surface area contributed by atoms with Crippen molar-refractivity contribution in [3.63, 3.8) is 0 Å². The van der Waals surface area contributed by atoms with Crippen LogP contribution in [-0.2, 0) is 30.4 Å². The summed E-state index contributed by atoms with van der Waals surface area (Å²) in [6.45, 7) is 92.9. The van der Waals surface area contributed by atoms with E-state index in [1.807, 2.05) is 76.9 Å². The number of likely N-dealkylation sites (tertiary alicyclic amines) is 2. The molecule has 9 rings (SSSR count). The van der Waals surface area contributed by atoms with Crippen LogP contribution in [0, 0.1) is 60.1 Å². The van der Waals surface area contributed by atoms with Gasteiger partial charge in [0, 0.05) is 69.5 Å². The number of nitrogens with zero attached hydrogens (tertiary/aromatic N) is 8. The normalized spacial score (nSPS) is 16.5. The molecular formula is C103H198N8O. The number of hydrogen-bond acceptors (Lipinski definition) is 9. The van der Waals surface area contributed by atoms with Gasteiger partial charge in [0.2, 0.25) is 0 Å². The number of piperazine rings is 1. The summed E-state index contributed by atoms with van der Waals surface area (Å²) in [5.74, 6) is 1.09. The number of pyridine rings is 3. The van der Waals surface area contributed by atoms with Crippen molar-refractivity contribution in [1.82, 2.24) is 39.5 Å². The van der Waals surface area contributed by atoms with E-state index in [1.165, 1.54) is 197 Å². The van der Waals surface area contributed by atoms with Crippen LogP contribution in [0.1, 0.15) is 362 Å². The lowest BCUT2D eigenvalue weighted by Crippen LogP contribution is -2.45. The summed E-state index contributed by atoms with van der Waals surface area (Å²) < 4.78 is 5.53. The fourth-order valence-electron chi connectivity index (χ4n) is 12.5. The Morgan fingerprint density at radius 2 is 0.741 bits per heavy atom. The number of piperidine rings is 1. The summed E-state index contributed by atoms with van der Waals surface area (Å²) in [6.07, 6.45) is 34.9. The lowest BCUT2D eigenvalue weighted by molar-refractivity contribution is 0.0763. The molecule has 656 valence electrons. The van der Waals surface area contributed by atoms with Crippen molar-refractivity contribution in [2.24, 2.45) is 60.1 Å². The van der Waals surface area contributed by atoms with Crippen molar-refractivity contribution in [2.45, 2.75) is 371 Å². The Morgan fingerprint density at radius 3 is 1.06 bits per heavy atom. The van der Waals surface area contributed by atoms with Crippen molar-refractivity contribution in [1.29, 1.82) is 0 Å². The topological polar surface area (TPSA) is 64.1 Å². The molecule has 4 saturated heterocycles. The maximum Gasteiger partial charge on any atom is 0.0581 e. The quantitative estimate of drug-likeness (QED) is 0.123. The Hall–Kier alpha value is -3.57. The second-order valence-electron chi connectivity index (χ2n) is 44.7. The highest BCUT2D eigenvalue weighted by Crippen LogP contribution is 2.39. The first-order valence-corrected chi connectivity index (χ1v) is 44.9. The average molecular weight is 1560 g/mol. The van der Waals surface area contributed by atoms with Gasteiger partial charge in [-0.2, -0.15) is 0 Å². The van der Waals surface area contributed by atoms with E-state index in [2.05, 4.69) is 323 Å². The summed E-state index contributed by atoms with van der Waals surface area (Å²) in [7, 11) is 6.44. The van der Waals surface area contributed by atoms with E-state index in [4.69, 9.17) is 4.74 Å². The van der Waals surface area contributed by atoms with Crippen molar-refractivity contribution >= 4 is 0 Å². The van der Waals surface area contributed by atoms with E-state index < -0.39 is 0 Å². The van der Waals surface area contributed by atoms with Crippen LogP contribution in [-0.4, -0.2) is 152 Å². The molecule has 0 radical (unpaired) electrons. The molecule has 4 aromatic rings. The summed E-state index contributed by atoms with van der Waals surface area (Å²) >= 11 is 0. The van der Waals surface area contributed by atoms with Gasteiger partial charge in [-0.1, -0.05) is 305 Å². The second kappa shape index (κ2) is 60.0. The summed E-state index contributed by atoms with van der Waals surface area (Å²) in [5.41, 5.74) is 9.82. The van der Waals surface area contributed by atoms with E-state index in [0.29, 0.717) is 60.3 Å². The van der Waals surface area contributed by atoms with Gasteiger partial charge < -0.3 is 29.2 Å². The third-order valence-corrected chi connectivity index (χ3v) is 18.5. The molecule has 1 atom stereocenters. The van der Waals surface area contributed by atoms with Gasteiger partial charge in [-0.15, -0.1) is 0 Å². The van der Waals surface area contributed by atoms with Gasteiger partial charge in [-0.05, 0) is 283 Å². The molecule has 0 spiro atoms. The third kappa shape index (κ3) is 85.8. The van der Waals surface area contributed by atoms with Gasteiger partial charge >= 0.3 is 0 Å². The smallest absolute Gasteiger partial charge is 0.0581 e. The predicted molar refractivity (Wildman–Crippen MR) is 506 cm³/mol. The molecule has 9 heteroatoms. The number of ether oxygens (including phenoxy) is 1. The molecule has 4 aliphatic heterocycles. The standard InChI is InChI=1S/C11H24N2.C11H23N.C11H16.C10H15N.C10H21N.2C10H15N.C9H18O.C8H19N.C8H16.2C2H6.CH4/c1-11(2,3)5-6-13-9-7-12(4)8-10-13;1-11(2,3)7-10-12-8-5-4-6-9-12;1-11(2,3)9-10-7-5-4-6-8-10;1-10(2,3)8-9-4-6-11-7-5-9;1-10(2,3)6-9-11-7-4-5-8-11;1-10(2,3)7-9-5-4-6-11-8-9;1-10(2,3)8-9-6-4-5-7-11-9;1-9(2,3)7-8-5-4-6-10-8;1-8(2,3)6-7-9(4)5;1-8(2,3)6-7-4-5-7;2*1-2;/h5-10H2,1-4H3;4-10H2,1-3H3;4-8H,9H2,1-3H3;4-7H,8H2,1-3H3;4-9H2,1-3H3;4-6,8H,7H2,1-3H3;4-7H,8H2,1-3H3;8H,4-7H2,1-3H3;6-7H2,1-5H3;7H,4-6H2,1-3H3;2*1-2H3;1H4. The molecule has 9 nitrogen and oxygen atoms in total.